The fourth-order valence-electron chi connectivity index (χ4n) is 2.94. The molecule has 0 aromatic heterocycles. The van der Waals surface area contributed by atoms with Crippen LogP contribution >= 0.6 is 23.2 Å². The first-order valence-corrected chi connectivity index (χ1v) is 11.6. The summed E-state index contributed by atoms with van der Waals surface area (Å²) in [5, 5.41) is 4.70. The Bertz CT molecular complexity index is 1250. The van der Waals surface area contributed by atoms with Crippen molar-refractivity contribution in [3.63, 3.8) is 0 Å². The molecular weight excluding hydrogens is 507 g/mol. The van der Waals surface area contributed by atoms with Crippen LogP contribution in [0.3, 0.4) is 0 Å². The Morgan fingerprint density at radius 1 is 1.00 bits per heavy atom. The topological polar surface area (TPSA) is 95.5 Å². The zero-order valence-corrected chi connectivity index (χ0v) is 21.3. The van der Waals surface area contributed by atoms with Crippen molar-refractivity contribution in [1.82, 2.24) is 5.43 Å². The molecule has 1 atom stereocenters. The third-order valence-corrected chi connectivity index (χ3v) is 5.28. The quantitative estimate of drug-likeness (QED) is 0.160. The van der Waals surface area contributed by atoms with Gasteiger partial charge in [0.1, 0.15) is 11.5 Å². The lowest BCUT2D eigenvalue weighted by Gasteiger charge is -2.14. The van der Waals surface area contributed by atoms with Crippen LogP contribution in [0.1, 0.15) is 29.8 Å². The Kier molecular flexibility index (Phi) is 9.55. The van der Waals surface area contributed by atoms with E-state index in [1.54, 1.807) is 61.5 Å². The van der Waals surface area contributed by atoms with Gasteiger partial charge in [0.05, 0.1) is 30.5 Å². The number of nitrogens with one attached hydrogen (secondary N) is 1. The maximum atomic E-state index is 12.5. The van der Waals surface area contributed by atoms with E-state index in [-0.39, 0.29) is 5.75 Å². The highest BCUT2D eigenvalue weighted by Crippen LogP contribution is 2.29. The van der Waals surface area contributed by atoms with Gasteiger partial charge in [-0.1, -0.05) is 23.2 Å². The van der Waals surface area contributed by atoms with Crippen LogP contribution in [-0.2, 0) is 4.79 Å². The fourth-order valence-corrected chi connectivity index (χ4v) is 3.39. The first-order chi connectivity index (χ1) is 17.3. The molecular formula is C26H24Cl2N2O6. The molecule has 0 saturated heterocycles. The lowest BCUT2D eigenvalue weighted by atomic mass is 10.2. The van der Waals surface area contributed by atoms with Crippen LogP contribution in [0.4, 0.5) is 0 Å². The summed E-state index contributed by atoms with van der Waals surface area (Å²) in [7, 11) is 1.45. The van der Waals surface area contributed by atoms with Crippen LogP contribution in [0.2, 0.25) is 10.0 Å². The maximum Gasteiger partial charge on any atom is 0.343 e. The molecule has 1 amide bonds. The minimum absolute atomic E-state index is 0.236. The van der Waals surface area contributed by atoms with E-state index >= 15 is 0 Å². The Morgan fingerprint density at radius 2 is 1.72 bits per heavy atom. The third-order valence-electron chi connectivity index (χ3n) is 4.75. The summed E-state index contributed by atoms with van der Waals surface area (Å²) >= 11 is 11.9. The van der Waals surface area contributed by atoms with Crippen molar-refractivity contribution in [3.8, 4) is 23.0 Å². The minimum Gasteiger partial charge on any atom is -0.494 e. The number of ether oxygens (including phenoxy) is 4. The highest BCUT2D eigenvalue weighted by Gasteiger charge is 2.16. The summed E-state index contributed by atoms with van der Waals surface area (Å²) in [6.07, 6.45) is 0.556. The zero-order valence-electron chi connectivity index (χ0n) is 19.8. The number of nitrogens with zero attached hydrogens (tertiary/aromatic N) is 1. The number of amides is 1. The summed E-state index contributed by atoms with van der Waals surface area (Å²) in [5.74, 6) is 0.521. The van der Waals surface area contributed by atoms with Gasteiger partial charge < -0.3 is 18.9 Å². The molecule has 0 unspecified atom stereocenters. The van der Waals surface area contributed by atoms with E-state index in [0.29, 0.717) is 45.0 Å². The SMILES string of the molecule is CCOc1ccc(C(=O)Oc2ccc(/C=N\NC(=O)[C@H](C)Oc3ccc(Cl)cc3Cl)cc2OC)cc1. The Balaban J connectivity index is 1.59. The summed E-state index contributed by atoms with van der Waals surface area (Å²) < 4.78 is 21.7. The van der Waals surface area contributed by atoms with E-state index in [4.69, 9.17) is 42.1 Å². The third kappa shape index (κ3) is 7.37. The molecule has 3 aromatic carbocycles. The summed E-state index contributed by atoms with van der Waals surface area (Å²) in [5.41, 5.74) is 3.37. The van der Waals surface area contributed by atoms with E-state index in [1.807, 2.05) is 6.92 Å². The number of carbonyl (C=O) groups is 2. The van der Waals surface area contributed by atoms with Gasteiger partial charge >= 0.3 is 5.97 Å². The van der Waals surface area contributed by atoms with Gasteiger partial charge in [-0.2, -0.15) is 5.10 Å². The number of halogens is 2. The molecule has 3 rings (SSSR count). The molecule has 10 heteroatoms. The second-order valence-corrected chi connectivity index (χ2v) is 8.17. The number of rotatable bonds is 10. The number of hydrazone groups is 1. The Morgan fingerprint density at radius 3 is 2.39 bits per heavy atom. The second kappa shape index (κ2) is 12.8. The number of hydrogen-bond donors (Lipinski definition) is 1. The monoisotopic (exact) mass is 530 g/mol. The van der Waals surface area contributed by atoms with Crippen LogP contribution in [0.15, 0.2) is 65.8 Å². The Labute approximate surface area is 218 Å². The molecule has 0 saturated carbocycles. The molecule has 36 heavy (non-hydrogen) atoms. The molecule has 0 aliphatic rings. The van der Waals surface area contributed by atoms with E-state index in [2.05, 4.69) is 10.5 Å². The Hall–Kier alpha value is -3.75. The molecule has 0 aliphatic carbocycles. The van der Waals surface area contributed by atoms with Crippen LogP contribution in [0.25, 0.3) is 0 Å². The first-order valence-electron chi connectivity index (χ1n) is 10.9. The van der Waals surface area contributed by atoms with Gasteiger partial charge in [-0.15, -0.1) is 0 Å². The molecule has 1 N–H and O–H groups in total. The van der Waals surface area contributed by atoms with Crippen LogP contribution in [0, 0.1) is 0 Å². The second-order valence-electron chi connectivity index (χ2n) is 7.33. The standard InChI is InChI=1S/C26H24Cl2N2O6/c1-4-34-20-9-6-18(7-10-20)26(32)36-23-11-5-17(13-24(23)33-3)15-29-30-25(31)16(2)35-22-12-8-19(27)14-21(22)28/h5-16H,4H2,1-3H3,(H,30,31)/b29-15-/t16-/m0/s1. The molecule has 3 aromatic rings. The van der Waals surface area contributed by atoms with Gasteiger partial charge in [-0.3, -0.25) is 4.79 Å². The van der Waals surface area contributed by atoms with Gasteiger partial charge in [0, 0.05) is 5.02 Å². The van der Waals surface area contributed by atoms with Gasteiger partial charge in [-0.25, -0.2) is 10.2 Å². The largest absolute Gasteiger partial charge is 0.494 e. The van der Waals surface area contributed by atoms with Crippen LogP contribution < -0.4 is 24.4 Å². The van der Waals surface area contributed by atoms with Crippen LogP contribution in [0.5, 0.6) is 23.0 Å². The number of carbonyl (C=O) groups excluding carboxylic acids is 2. The highest BCUT2D eigenvalue weighted by atomic mass is 35.5. The molecule has 188 valence electrons. The lowest BCUT2D eigenvalue weighted by Crippen LogP contribution is -2.33. The van der Waals surface area contributed by atoms with Crippen molar-refractivity contribution < 1.29 is 28.5 Å². The van der Waals surface area contributed by atoms with E-state index < -0.39 is 18.0 Å². The van der Waals surface area contributed by atoms with Gasteiger partial charge in [0.2, 0.25) is 0 Å². The molecule has 0 radical (unpaired) electrons. The highest BCUT2D eigenvalue weighted by molar-refractivity contribution is 6.35. The van der Waals surface area contributed by atoms with E-state index in [9.17, 15) is 9.59 Å². The molecule has 0 fully saturated rings. The number of esters is 1. The van der Waals surface area contributed by atoms with Crippen molar-refractivity contribution in [2.24, 2.45) is 5.10 Å². The first kappa shape index (κ1) is 26.8. The number of methoxy groups -OCH3 is 1. The average Bonchev–Trinajstić information content (AvgIpc) is 2.87. The van der Waals surface area contributed by atoms with Crippen LogP contribution in [-0.4, -0.2) is 37.9 Å². The van der Waals surface area contributed by atoms with Gasteiger partial charge in [0.25, 0.3) is 5.91 Å². The molecule has 0 aliphatic heterocycles. The number of hydrogen-bond acceptors (Lipinski definition) is 7. The lowest BCUT2D eigenvalue weighted by molar-refractivity contribution is -0.127. The minimum atomic E-state index is -0.861. The smallest absolute Gasteiger partial charge is 0.343 e. The summed E-state index contributed by atoms with van der Waals surface area (Å²) in [6.45, 7) is 3.97. The fraction of sp³-hybridized carbons (Fsp3) is 0.192. The predicted molar refractivity (Wildman–Crippen MR) is 138 cm³/mol. The van der Waals surface area contributed by atoms with Gasteiger partial charge in [-0.05, 0) is 80.1 Å². The number of benzene rings is 3. The zero-order chi connectivity index (χ0) is 26.1. The summed E-state index contributed by atoms with van der Waals surface area (Å²) in [4.78, 5) is 24.8. The van der Waals surface area contributed by atoms with Crippen molar-refractivity contribution in [3.05, 3.63) is 81.8 Å². The average molecular weight is 531 g/mol. The predicted octanol–water partition coefficient (Wildman–Crippen LogP) is 5.54. The van der Waals surface area contributed by atoms with Gasteiger partial charge in [0.15, 0.2) is 17.6 Å². The van der Waals surface area contributed by atoms with Crippen molar-refractivity contribution >= 4 is 41.3 Å². The maximum absolute atomic E-state index is 12.5. The van der Waals surface area contributed by atoms with Crippen molar-refractivity contribution in [2.45, 2.75) is 20.0 Å². The molecule has 0 bridgehead atoms. The summed E-state index contributed by atoms with van der Waals surface area (Å²) in [6, 6.07) is 16.2. The van der Waals surface area contributed by atoms with E-state index in [0.717, 1.165) is 0 Å². The van der Waals surface area contributed by atoms with E-state index in [1.165, 1.54) is 19.4 Å². The normalized spacial score (nSPS) is 11.6. The molecule has 0 spiro atoms. The van der Waals surface area contributed by atoms with Crippen molar-refractivity contribution in [2.75, 3.05) is 13.7 Å². The molecule has 0 heterocycles. The van der Waals surface area contributed by atoms with Crippen molar-refractivity contribution in [1.29, 1.82) is 0 Å². The molecule has 8 nitrogen and oxygen atoms in total.